The summed E-state index contributed by atoms with van der Waals surface area (Å²) in [6.07, 6.45) is 1.77. The van der Waals surface area contributed by atoms with Crippen molar-refractivity contribution in [3.05, 3.63) is 23.0 Å². The third kappa shape index (κ3) is 5.12. The second-order valence-corrected chi connectivity index (χ2v) is 7.25. The summed E-state index contributed by atoms with van der Waals surface area (Å²) in [4.78, 5) is 4.61. The highest BCUT2D eigenvalue weighted by molar-refractivity contribution is 7.90. The Kier molecular flexibility index (Phi) is 5.25. The molecule has 0 saturated heterocycles. The van der Waals surface area contributed by atoms with E-state index < -0.39 is 9.84 Å². The Bertz CT molecular complexity index is 583. The third-order valence-electron chi connectivity index (χ3n) is 2.58. The number of aromatic nitrogens is 1. The second-order valence-electron chi connectivity index (χ2n) is 4.55. The highest BCUT2D eigenvalue weighted by Crippen LogP contribution is 2.19. The molecule has 0 spiro atoms. The molecule has 7 heteroatoms. The molecule has 0 radical (unpaired) electrons. The molecule has 19 heavy (non-hydrogen) atoms. The zero-order chi connectivity index (χ0) is 14.6. The molecular formula is C12H19N3O2S2. The predicted octanol–water partition coefficient (Wildman–Crippen LogP) is 1.18. The Morgan fingerprint density at radius 2 is 2.11 bits per heavy atom. The highest BCUT2D eigenvalue weighted by Gasteiger charge is 2.11. The maximum atomic E-state index is 11.0. The van der Waals surface area contributed by atoms with Crippen LogP contribution in [0.15, 0.2) is 6.07 Å². The summed E-state index contributed by atoms with van der Waals surface area (Å²) in [6, 6.07) is 1.86. The van der Waals surface area contributed by atoms with Crippen molar-refractivity contribution in [2.45, 2.75) is 20.3 Å². The fourth-order valence-electron chi connectivity index (χ4n) is 1.84. The first-order chi connectivity index (χ1) is 8.70. The van der Waals surface area contributed by atoms with Gasteiger partial charge < -0.3 is 11.1 Å². The van der Waals surface area contributed by atoms with Gasteiger partial charge in [-0.15, -0.1) is 0 Å². The van der Waals surface area contributed by atoms with Crippen LogP contribution in [-0.4, -0.2) is 36.9 Å². The van der Waals surface area contributed by atoms with Crippen LogP contribution in [0.3, 0.4) is 0 Å². The predicted molar refractivity (Wildman–Crippen MR) is 82.4 cm³/mol. The van der Waals surface area contributed by atoms with Gasteiger partial charge in [0.15, 0.2) is 0 Å². The molecule has 1 rings (SSSR count). The second kappa shape index (κ2) is 6.29. The van der Waals surface area contributed by atoms with Crippen molar-refractivity contribution in [3.8, 4) is 0 Å². The van der Waals surface area contributed by atoms with Gasteiger partial charge in [-0.05, 0) is 26.3 Å². The number of sulfone groups is 1. The molecule has 0 bridgehead atoms. The van der Waals surface area contributed by atoms with Crippen LogP contribution < -0.4 is 11.1 Å². The van der Waals surface area contributed by atoms with Gasteiger partial charge in [-0.1, -0.05) is 12.2 Å². The standard InChI is InChI=1S/C12H19N3O2S2/c1-8-7-10(11(12(13)18)9(2)15-8)14-5-4-6-19(3,16)17/h7H,4-6H2,1-3H3,(H2,13,18)(H,14,15). The summed E-state index contributed by atoms with van der Waals surface area (Å²) in [5, 5.41) is 3.18. The number of nitrogens with zero attached hydrogens (tertiary/aromatic N) is 1. The van der Waals surface area contributed by atoms with Crippen LogP contribution in [0.25, 0.3) is 0 Å². The lowest BCUT2D eigenvalue weighted by Crippen LogP contribution is -2.17. The molecule has 1 heterocycles. The molecule has 0 aromatic carbocycles. The van der Waals surface area contributed by atoms with Crippen LogP contribution in [-0.2, 0) is 9.84 Å². The number of anilines is 1. The maximum Gasteiger partial charge on any atom is 0.147 e. The molecule has 0 unspecified atom stereocenters. The first-order valence-corrected chi connectivity index (χ1v) is 8.37. The summed E-state index contributed by atoms with van der Waals surface area (Å²) in [6.45, 7) is 4.28. The van der Waals surface area contributed by atoms with Crippen LogP contribution in [0, 0.1) is 13.8 Å². The molecule has 0 fully saturated rings. The van der Waals surface area contributed by atoms with Crippen molar-refractivity contribution in [1.82, 2.24) is 4.98 Å². The normalized spacial score (nSPS) is 11.3. The molecule has 106 valence electrons. The van der Waals surface area contributed by atoms with Gasteiger partial charge in [0.2, 0.25) is 0 Å². The van der Waals surface area contributed by atoms with E-state index in [0.29, 0.717) is 13.0 Å². The minimum atomic E-state index is -2.92. The van der Waals surface area contributed by atoms with Gasteiger partial charge in [0, 0.05) is 29.9 Å². The minimum Gasteiger partial charge on any atom is -0.389 e. The Hall–Kier alpha value is -1.21. The number of aryl methyl sites for hydroxylation is 2. The number of nitrogens with one attached hydrogen (secondary N) is 1. The van der Waals surface area contributed by atoms with E-state index in [9.17, 15) is 8.42 Å². The van der Waals surface area contributed by atoms with Crippen LogP contribution >= 0.6 is 12.2 Å². The van der Waals surface area contributed by atoms with Crippen molar-refractivity contribution in [2.75, 3.05) is 23.9 Å². The fraction of sp³-hybridized carbons (Fsp3) is 0.500. The van der Waals surface area contributed by atoms with E-state index in [1.54, 1.807) is 0 Å². The van der Waals surface area contributed by atoms with Crippen LogP contribution in [0.5, 0.6) is 0 Å². The van der Waals surface area contributed by atoms with Gasteiger partial charge in [0.25, 0.3) is 0 Å². The molecule has 1 aromatic heterocycles. The van der Waals surface area contributed by atoms with E-state index in [0.717, 1.165) is 22.6 Å². The number of nitrogens with two attached hydrogens (primary N) is 1. The van der Waals surface area contributed by atoms with E-state index in [-0.39, 0.29) is 10.7 Å². The molecule has 0 aliphatic heterocycles. The van der Waals surface area contributed by atoms with Gasteiger partial charge >= 0.3 is 0 Å². The summed E-state index contributed by atoms with van der Waals surface area (Å²) in [7, 11) is -2.92. The number of pyridine rings is 1. The molecule has 0 atom stereocenters. The average Bonchev–Trinajstić information content (AvgIpc) is 2.21. The van der Waals surface area contributed by atoms with Gasteiger partial charge in [0.05, 0.1) is 11.3 Å². The van der Waals surface area contributed by atoms with Crippen LogP contribution in [0.2, 0.25) is 0 Å². The van der Waals surface area contributed by atoms with Crippen LogP contribution in [0.4, 0.5) is 5.69 Å². The lowest BCUT2D eigenvalue weighted by molar-refractivity contribution is 0.600. The number of hydrogen-bond acceptors (Lipinski definition) is 5. The first kappa shape index (κ1) is 15.8. The molecule has 0 aliphatic rings. The van der Waals surface area contributed by atoms with E-state index in [2.05, 4.69) is 10.3 Å². The largest absolute Gasteiger partial charge is 0.389 e. The lowest BCUT2D eigenvalue weighted by Gasteiger charge is -2.14. The monoisotopic (exact) mass is 301 g/mol. The van der Waals surface area contributed by atoms with Crippen molar-refractivity contribution in [3.63, 3.8) is 0 Å². The molecule has 0 saturated carbocycles. The highest BCUT2D eigenvalue weighted by atomic mass is 32.2. The zero-order valence-corrected chi connectivity index (χ0v) is 13.0. The first-order valence-electron chi connectivity index (χ1n) is 5.90. The molecule has 0 amide bonds. The van der Waals surface area contributed by atoms with Gasteiger partial charge in [-0.2, -0.15) is 0 Å². The van der Waals surface area contributed by atoms with Gasteiger partial charge in [-0.3, -0.25) is 4.98 Å². The van der Waals surface area contributed by atoms with Gasteiger partial charge in [-0.25, -0.2) is 8.42 Å². The van der Waals surface area contributed by atoms with Crippen molar-refractivity contribution in [1.29, 1.82) is 0 Å². The van der Waals surface area contributed by atoms with E-state index in [4.69, 9.17) is 18.0 Å². The molecule has 3 N–H and O–H groups in total. The van der Waals surface area contributed by atoms with Crippen molar-refractivity contribution < 1.29 is 8.42 Å². The smallest absolute Gasteiger partial charge is 0.147 e. The van der Waals surface area contributed by atoms with Crippen molar-refractivity contribution >= 4 is 32.7 Å². The Labute approximate surface area is 119 Å². The van der Waals surface area contributed by atoms with E-state index in [1.165, 1.54) is 6.26 Å². The summed E-state index contributed by atoms with van der Waals surface area (Å²) >= 11 is 5.02. The molecule has 1 aromatic rings. The Morgan fingerprint density at radius 3 is 2.63 bits per heavy atom. The molecule has 0 aliphatic carbocycles. The Morgan fingerprint density at radius 1 is 1.47 bits per heavy atom. The SMILES string of the molecule is Cc1cc(NCCCS(C)(=O)=O)c(C(N)=S)c(C)n1. The topological polar surface area (TPSA) is 85.1 Å². The summed E-state index contributed by atoms with van der Waals surface area (Å²) in [5.41, 5.74) is 8.87. The molecular weight excluding hydrogens is 282 g/mol. The number of rotatable bonds is 6. The number of hydrogen-bond donors (Lipinski definition) is 2. The summed E-state index contributed by atoms with van der Waals surface area (Å²) < 4.78 is 22.1. The maximum absolute atomic E-state index is 11.0. The minimum absolute atomic E-state index is 0.158. The quantitative estimate of drug-likeness (QED) is 0.606. The number of thiocarbonyl (C=S) groups is 1. The molecule has 5 nitrogen and oxygen atoms in total. The third-order valence-corrected chi connectivity index (χ3v) is 3.82. The van der Waals surface area contributed by atoms with Gasteiger partial charge in [0.1, 0.15) is 14.8 Å². The lowest BCUT2D eigenvalue weighted by atomic mass is 10.1. The van der Waals surface area contributed by atoms with E-state index >= 15 is 0 Å². The summed E-state index contributed by atoms with van der Waals surface area (Å²) in [5.74, 6) is 0.158. The van der Waals surface area contributed by atoms with Crippen molar-refractivity contribution in [2.24, 2.45) is 5.73 Å². The van der Waals surface area contributed by atoms with Crippen LogP contribution in [0.1, 0.15) is 23.4 Å². The average molecular weight is 301 g/mol. The Balaban J connectivity index is 2.80. The van der Waals surface area contributed by atoms with E-state index in [1.807, 2.05) is 19.9 Å². The fourth-order valence-corrected chi connectivity index (χ4v) is 2.76. The zero-order valence-electron chi connectivity index (χ0n) is 11.4.